The number of para-hydroxylation sites is 2. The van der Waals surface area contributed by atoms with Crippen LogP contribution in [0.1, 0.15) is 71.6 Å². The Hall–Kier alpha value is -2.10. The highest BCUT2D eigenvalue weighted by Gasteiger charge is 2.23. The van der Waals surface area contributed by atoms with Gasteiger partial charge >= 0.3 is 0 Å². The molecule has 1 aliphatic rings. The molecule has 0 unspecified atom stereocenters. The number of amides is 1. The Morgan fingerprint density at radius 1 is 1.08 bits per heavy atom. The Morgan fingerprint density at radius 2 is 1.73 bits per heavy atom. The Labute approximate surface area is 157 Å². The zero-order chi connectivity index (χ0) is 18.8. The molecule has 1 aliphatic heterocycles. The molecule has 2 rings (SSSR count). The lowest BCUT2D eigenvalue weighted by Gasteiger charge is -2.22. The molecular formula is C22H32N2O2. The van der Waals surface area contributed by atoms with Crippen LogP contribution in [0.15, 0.2) is 36.0 Å². The third-order valence-corrected chi connectivity index (χ3v) is 4.75. The molecular weight excluding hydrogens is 324 g/mol. The first-order chi connectivity index (χ1) is 12.6. The normalized spacial score (nSPS) is 15.5. The molecule has 0 saturated carbocycles. The minimum absolute atomic E-state index is 0.0469. The number of hydrogen-bond acceptors (Lipinski definition) is 3. The highest BCUT2D eigenvalue weighted by molar-refractivity contribution is 6.01. The first-order valence-corrected chi connectivity index (χ1v) is 9.99. The number of hydrogen-bond donors (Lipinski definition) is 1. The Balaban J connectivity index is 1.93. The first kappa shape index (κ1) is 20.2. The van der Waals surface area contributed by atoms with Crippen LogP contribution in [0.2, 0.25) is 0 Å². The molecule has 1 N–H and O–H groups in total. The van der Waals surface area contributed by atoms with Gasteiger partial charge in [0.2, 0.25) is 5.91 Å². The van der Waals surface area contributed by atoms with Crippen LogP contribution in [-0.2, 0) is 9.59 Å². The summed E-state index contributed by atoms with van der Waals surface area (Å²) >= 11 is 0. The van der Waals surface area contributed by atoms with E-state index in [2.05, 4.69) is 12.2 Å². The molecule has 0 bridgehead atoms. The number of carbonyl (C=O) groups is 2. The van der Waals surface area contributed by atoms with Crippen molar-refractivity contribution >= 4 is 23.1 Å². The topological polar surface area (TPSA) is 49.4 Å². The molecule has 0 spiro atoms. The van der Waals surface area contributed by atoms with E-state index < -0.39 is 0 Å². The van der Waals surface area contributed by atoms with Gasteiger partial charge in [0.05, 0.1) is 17.8 Å². The minimum atomic E-state index is -0.0469. The van der Waals surface area contributed by atoms with Crippen LogP contribution in [0.25, 0.3) is 0 Å². The van der Waals surface area contributed by atoms with Crippen LogP contribution in [0.3, 0.4) is 0 Å². The third kappa shape index (κ3) is 6.32. The van der Waals surface area contributed by atoms with Crippen molar-refractivity contribution in [1.29, 1.82) is 0 Å². The van der Waals surface area contributed by atoms with Crippen LogP contribution < -0.4 is 10.2 Å². The molecule has 4 heteroatoms. The summed E-state index contributed by atoms with van der Waals surface area (Å²) in [6, 6.07) is 7.83. The van der Waals surface area contributed by atoms with Crippen molar-refractivity contribution in [2.45, 2.75) is 71.6 Å². The maximum Gasteiger partial charge on any atom is 0.232 e. The van der Waals surface area contributed by atoms with E-state index >= 15 is 0 Å². The van der Waals surface area contributed by atoms with E-state index in [1.165, 1.54) is 51.5 Å². The molecule has 1 heterocycles. The first-order valence-electron chi connectivity index (χ1n) is 9.99. The molecule has 1 aromatic rings. The summed E-state index contributed by atoms with van der Waals surface area (Å²) in [5.41, 5.74) is 2.48. The van der Waals surface area contributed by atoms with E-state index in [0.717, 1.165) is 30.8 Å². The number of allylic oxidation sites excluding steroid dienone is 1. The van der Waals surface area contributed by atoms with Crippen LogP contribution >= 0.6 is 0 Å². The number of nitrogens with zero attached hydrogens (tertiary/aromatic N) is 1. The second-order valence-corrected chi connectivity index (χ2v) is 7.12. The molecule has 0 atom stereocenters. The van der Waals surface area contributed by atoms with Gasteiger partial charge in [-0.2, -0.15) is 0 Å². The van der Waals surface area contributed by atoms with Crippen LogP contribution in [-0.4, -0.2) is 18.2 Å². The van der Waals surface area contributed by atoms with Gasteiger partial charge in [-0.15, -0.1) is 0 Å². The fourth-order valence-electron chi connectivity index (χ4n) is 3.41. The summed E-state index contributed by atoms with van der Waals surface area (Å²) in [6.07, 6.45) is 11.7. The molecule has 0 fully saturated rings. The van der Waals surface area contributed by atoms with Gasteiger partial charge in [-0.1, -0.05) is 64.0 Å². The van der Waals surface area contributed by atoms with Crippen molar-refractivity contribution in [3.8, 4) is 0 Å². The summed E-state index contributed by atoms with van der Waals surface area (Å²) in [5.74, 6) is 0.00667. The molecule has 0 aliphatic carbocycles. The van der Waals surface area contributed by atoms with Crippen LogP contribution in [0.5, 0.6) is 0 Å². The number of carbonyl (C=O) groups excluding carboxylic acids is 2. The van der Waals surface area contributed by atoms with E-state index in [1.807, 2.05) is 29.2 Å². The van der Waals surface area contributed by atoms with Gasteiger partial charge in [0.15, 0.2) is 5.78 Å². The lowest BCUT2D eigenvalue weighted by atomic mass is 10.1. The number of benzene rings is 1. The summed E-state index contributed by atoms with van der Waals surface area (Å²) in [7, 11) is 0. The number of rotatable bonds is 10. The smallest absolute Gasteiger partial charge is 0.232 e. The van der Waals surface area contributed by atoms with Crippen molar-refractivity contribution < 1.29 is 9.59 Å². The highest BCUT2D eigenvalue weighted by atomic mass is 16.2. The summed E-state index contributed by atoms with van der Waals surface area (Å²) in [5, 5.41) is 3.26. The van der Waals surface area contributed by atoms with E-state index in [0.29, 0.717) is 5.70 Å². The zero-order valence-corrected chi connectivity index (χ0v) is 16.2. The maximum absolute atomic E-state index is 12.7. The molecule has 0 radical (unpaired) electrons. The van der Waals surface area contributed by atoms with E-state index in [-0.39, 0.29) is 18.1 Å². The van der Waals surface area contributed by atoms with Gasteiger partial charge < -0.3 is 10.2 Å². The predicted octanol–water partition coefficient (Wildman–Crippen LogP) is 5.45. The average Bonchev–Trinajstić information content (AvgIpc) is 2.73. The standard InChI is InChI=1S/C22H32N2O2/c1-3-4-5-6-7-8-9-12-15-24-21-14-11-10-13-20(21)23-19(16-18(2)25)17-22(24)26/h10-11,13-14,16,23H,3-9,12,15,17H2,1-2H3/b19-16-. The zero-order valence-electron chi connectivity index (χ0n) is 16.2. The van der Waals surface area contributed by atoms with E-state index in [4.69, 9.17) is 0 Å². The highest BCUT2D eigenvalue weighted by Crippen LogP contribution is 2.31. The van der Waals surface area contributed by atoms with Gasteiger partial charge in [0, 0.05) is 18.3 Å². The number of fused-ring (bicyclic) bond motifs is 1. The van der Waals surface area contributed by atoms with Gasteiger partial charge in [0.25, 0.3) is 0 Å². The van der Waals surface area contributed by atoms with Crippen molar-refractivity contribution in [1.82, 2.24) is 0 Å². The summed E-state index contributed by atoms with van der Waals surface area (Å²) in [4.78, 5) is 26.0. The average molecular weight is 357 g/mol. The quantitative estimate of drug-likeness (QED) is 0.448. The van der Waals surface area contributed by atoms with E-state index in [9.17, 15) is 9.59 Å². The van der Waals surface area contributed by atoms with Gasteiger partial charge in [0.1, 0.15) is 0 Å². The van der Waals surface area contributed by atoms with Gasteiger partial charge in [-0.05, 0) is 25.5 Å². The largest absolute Gasteiger partial charge is 0.357 e. The Morgan fingerprint density at radius 3 is 2.42 bits per heavy atom. The molecule has 142 valence electrons. The Kier molecular flexibility index (Phi) is 8.39. The summed E-state index contributed by atoms with van der Waals surface area (Å²) in [6.45, 7) is 4.48. The predicted molar refractivity (Wildman–Crippen MR) is 108 cm³/mol. The maximum atomic E-state index is 12.7. The third-order valence-electron chi connectivity index (χ3n) is 4.75. The second-order valence-electron chi connectivity index (χ2n) is 7.12. The van der Waals surface area contributed by atoms with Crippen molar-refractivity contribution in [3.05, 3.63) is 36.0 Å². The molecule has 1 amide bonds. The van der Waals surface area contributed by atoms with Gasteiger partial charge in [-0.25, -0.2) is 0 Å². The monoisotopic (exact) mass is 356 g/mol. The van der Waals surface area contributed by atoms with E-state index in [1.54, 1.807) is 0 Å². The van der Waals surface area contributed by atoms with Crippen molar-refractivity contribution in [2.75, 3.05) is 16.8 Å². The number of ketones is 1. The van der Waals surface area contributed by atoms with Crippen LogP contribution in [0.4, 0.5) is 11.4 Å². The van der Waals surface area contributed by atoms with Gasteiger partial charge in [-0.3, -0.25) is 9.59 Å². The fourth-order valence-corrected chi connectivity index (χ4v) is 3.41. The minimum Gasteiger partial charge on any atom is -0.357 e. The molecule has 0 aromatic heterocycles. The number of unbranched alkanes of at least 4 members (excludes halogenated alkanes) is 7. The lowest BCUT2D eigenvalue weighted by molar-refractivity contribution is -0.117. The SMILES string of the molecule is CCCCCCCCCCN1C(=O)C/C(=C/C(C)=O)Nc2ccccc21. The molecule has 4 nitrogen and oxygen atoms in total. The lowest BCUT2D eigenvalue weighted by Crippen LogP contribution is -2.31. The van der Waals surface area contributed by atoms with Crippen LogP contribution in [0, 0.1) is 0 Å². The fraction of sp³-hybridized carbons (Fsp3) is 0.545. The second kappa shape index (κ2) is 10.8. The molecule has 1 aromatic carbocycles. The molecule has 0 saturated heterocycles. The van der Waals surface area contributed by atoms with Crippen molar-refractivity contribution in [2.24, 2.45) is 0 Å². The summed E-state index contributed by atoms with van der Waals surface area (Å²) < 4.78 is 0. The van der Waals surface area contributed by atoms with Crippen molar-refractivity contribution in [3.63, 3.8) is 0 Å². The number of nitrogens with one attached hydrogen (secondary N) is 1. The molecule has 26 heavy (non-hydrogen) atoms. The Bertz CT molecular complexity index is 637. The number of anilines is 2.